The predicted octanol–water partition coefficient (Wildman–Crippen LogP) is 7.84. The van der Waals surface area contributed by atoms with Gasteiger partial charge in [0.05, 0.1) is 19.0 Å². The van der Waals surface area contributed by atoms with E-state index in [1.807, 2.05) is 31.4 Å². The van der Waals surface area contributed by atoms with Gasteiger partial charge in [0.15, 0.2) is 5.60 Å². The van der Waals surface area contributed by atoms with E-state index in [0.29, 0.717) is 24.5 Å². The Labute approximate surface area is 224 Å². The lowest BCUT2D eigenvalue weighted by Crippen LogP contribution is -2.37. The first-order valence-electron chi connectivity index (χ1n) is 13.1. The summed E-state index contributed by atoms with van der Waals surface area (Å²) >= 11 is 0. The Kier molecular flexibility index (Phi) is 8.30. The second-order valence-corrected chi connectivity index (χ2v) is 10.1. The average molecular weight is 517 g/mol. The molecule has 1 unspecified atom stereocenters. The molecule has 6 nitrogen and oxygen atoms in total. The summed E-state index contributed by atoms with van der Waals surface area (Å²) in [6.07, 6.45) is 4.33. The van der Waals surface area contributed by atoms with Crippen molar-refractivity contribution in [3.63, 3.8) is 0 Å². The summed E-state index contributed by atoms with van der Waals surface area (Å²) in [4.78, 5) is 11.3. The van der Waals surface area contributed by atoms with Gasteiger partial charge in [0.25, 0.3) is 0 Å². The average Bonchev–Trinajstić information content (AvgIpc) is 3.33. The second kappa shape index (κ2) is 11.6. The van der Waals surface area contributed by atoms with E-state index >= 15 is 0 Å². The number of furan rings is 1. The molecule has 0 fully saturated rings. The first-order valence-corrected chi connectivity index (χ1v) is 13.1. The molecule has 1 aromatic heterocycles. The topological polar surface area (TPSA) is 78.1 Å². The van der Waals surface area contributed by atoms with Gasteiger partial charge in [-0.25, -0.2) is 4.79 Å². The maximum absolute atomic E-state index is 11.3. The highest BCUT2D eigenvalue weighted by atomic mass is 16.5. The van der Waals surface area contributed by atoms with Crippen LogP contribution >= 0.6 is 0 Å². The number of carbonyl (C=O) groups is 1. The van der Waals surface area contributed by atoms with Crippen LogP contribution in [0.4, 0.5) is 0 Å². The first-order chi connectivity index (χ1) is 18.2. The minimum Gasteiger partial charge on any atom is -0.493 e. The van der Waals surface area contributed by atoms with Gasteiger partial charge in [-0.2, -0.15) is 0 Å². The zero-order chi connectivity index (χ0) is 27.3. The van der Waals surface area contributed by atoms with Crippen LogP contribution in [0, 0.1) is 6.92 Å². The molecule has 3 aromatic carbocycles. The highest BCUT2D eigenvalue weighted by Crippen LogP contribution is 2.39. The van der Waals surface area contributed by atoms with Crippen molar-refractivity contribution in [3.05, 3.63) is 78.1 Å². The van der Waals surface area contributed by atoms with Crippen LogP contribution in [0.15, 0.2) is 71.3 Å². The van der Waals surface area contributed by atoms with Crippen molar-refractivity contribution >= 4 is 16.9 Å². The third-order valence-corrected chi connectivity index (χ3v) is 6.52. The zero-order valence-corrected chi connectivity index (χ0v) is 22.7. The van der Waals surface area contributed by atoms with Crippen LogP contribution in [0.1, 0.15) is 51.7 Å². The molecule has 1 atom stereocenters. The van der Waals surface area contributed by atoms with Crippen LogP contribution in [-0.2, 0) is 11.2 Å². The summed E-state index contributed by atoms with van der Waals surface area (Å²) in [6, 6.07) is 19.4. The molecule has 6 heteroatoms. The van der Waals surface area contributed by atoms with Crippen molar-refractivity contribution in [1.82, 2.24) is 0 Å². The Morgan fingerprint density at radius 3 is 2.39 bits per heavy atom. The molecule has 0 aliphatic rings. The summed E-state index contributed by atoms with van der Waals surface area (Å²) in [5.41, 5.74) is 4.07. The molecule has 0 amide bonds. The maximum atomic E-state index is 11.3. The van der Waals surface area contributed by atoms with E-state index in [-0.39, 0.29) is 6.10 Å². The predicted molar refractivity (Wildman–Crippen MR) is 149 cm³/mol. The standard InChI is InChI=1S/C32H36O6/c1-6-10-26-28(19-21(2)29-27(20-36-30(26)29)23-11-8-7-9-12-23)37-22(3)17-18-35-24-13-15-25(16-14-24)38-32(4,5)31(33)34/h7-9,11-16,19-20,22H,6,10,17-18H2,1-5H3,(H,33,34). The van der Waals surface area contributed by atoms with Crippen LogP contribution in [0.5, 0.6) is 17.2 Å². The van der Waals surface area contributed by atoms with Crippen molar-refractivity contribution in [2.75, 3.05) is 6.61 Å². The molecule has 1 heterocycles. The summed E-state index contributed by atoms with van der Waals surface area (Å²) in [6.45, 7) is 9.81. The lowest BCUT2D eigenvalue weighted by atomic mass is 9.97. The molecule has 0 radical (unpaired) electrons. The minimum absolute atomic E-state index is 0.0648. The van der Waals surface area contributed by atoms with Gasteiger partial charge in [-0.3, -0.25) is 0 Å². The summed E-state index contributed by atoms with van der Waals surface area (Å²) in [5.74, 6) is 1.00. The first kappa shape index (κ1) is 27.1. The fourth-order valence-corrected chi connectivity index (χ4v) is 4.42. The molecule has 1 N–H and O–H groups in total. The van der Waals surface area contributed by atoms with E-state index in [1.54, 1.807) is 24.3 Å². The number of rotatable bonds is 12. The molecular weight excluding hydrogens is 480 g/mol. The molecule has 0 saturated heterocycles. The fraction of sp³-hybridized carbons (Fsp3) is 0.344. The van der Waals surface area contributed by atoms with Gasteiger partial charge in [0.2, 0.25) is 0 Å². The van der Waals surface area contributed by atoms with Crippen molar-refractivity contribution in [2.45, 2.75) is 65.6 Å². The molecule has 0 spiro atoms. The van der Waals surface area contributed by atoms with Gasteiger partial charge in [0.1, 0.15) is 22.8 Å². The third kappa shape index (κ3) is 6.13. The second-order valence-electron chi connectivity index (χ2n) is 10.1. The molecule has 0 aliphatic carbocycles. The third-order valence-electron chi connectivity index (χ3n) is 6.52. The Bertz CT molecular complexity index is 1370. The maximum Gasteiger partial charge on any atom is 0.347 e. The van der Waals surface area contributed by atoms with Crippen molar-refractivity contribution in [1.29, 1.82) is 0 Å². The number of ether oxygens (including phenoxy) is 3. The van der Waals surface area contributed by atoms with E-state index in [2.05, 4.69) is 32.0 Å². The molecule has 0 bridgehead atoms. The molecule has 0 aliphatic heterocycles. The minimum atomic E-state index is -1.30. The van der Waals surface area contributed by atoms with Gasteiger partial charge in [-0.05, 0) is 75.6 Å². The number of hydrogen-bond donors (Lipinski definition) is 1. The number of carboxylic acids is 1. The Morgan fingerprint density at radius 1 is 1.05 bits per heavy atom. The van der Waals surface area contributed by atoms with Gasteiger partial charge < -0.3 is 23.7 Å². The number of fused-ring (bicyclic) bond motifs is 1. The van der Waals surface area contributed by atoms with Gasteiger partial charge in [-0.1, -0.05) is 43.7 Å². The van der Waals surface area contributed by atoms with Crippen LogP contribution in [0.2, 0.25) is 0 Å². The summed E-state index contributed by atoms with van der Waals surface area (Å²) in [7, 11) is 0. The lowest BCUT2D eigenvalue weighted by molar-refractivity contribution is -0.152. The molecule has 4 rings (SSSR count). The Hall–Kier alpha value is -3.93. The van der Waals surface area contributed by atoms with E-state index in [0.717, 1.165) is 51.8 Å². The van der Waals surface area contributed by atoms with E-state index in [9.17, 15) is 9.90 Å². The number of aliphatic carboxylic acids is 1. The van der Waals surface area contributed by atoms with Crippen LogP contribution < -0.4 is 14.2 Å². The van der Waals surface area contributed by atoms with E-state index in [4.69, 9.17) is 18.6 Å². The van der Waals surface area contributed by atoms with E-state index < -0.39 is 11.6 Å². The van der Waals surface area contributed by atoms with Crippen molar-refractivity contribution < 1.29 is 28.5 Å². The number of hydrogen-bond acceptors (Lipinski definition) is 5. The highest BCUT2D eigenvalue weighted by molar-refractivity contribution is 5.99. The van der Waals surface area contributed by atoms with E-state index in [1.165, 1.54) is 13.8 Å². The normalized spacial score (nSPS) is 12.3. The summed E-state index contributed by atoms with van der Waals surface area (Å²) in [5, 5.41) is 10.4. The largest absolute Gasteiger partial charge is 0.493 e. The van der Waals surface area contributed by atoms with Gasteiger partial charge >= 0.3 is 5.97 Å². The SMILES string of the molecule is CCCc1c(OC(C)CCOc2ccc(OC(C)(C)C(=O)O)cc2)cc(C)c2c(-c3ccccc3)coc12. The van der Waals surface area contributed by atoms with Gasteiger partial charge in [0, 0.05) is 22.9 Å². The molecule has 4 aromatic rings. The Morgan fingerprint density at radius 2 is 1.74 bits per heavy atom. The number of benzene rings is 3. The molecular formula is C32H36O6. The van der Waals surface area contributed by atoms with Crippen molar-refractivity contribution in [3.8, 4) is 28.4 Å². The quantitative estimate of drug-likeness (QED) is 0.207. The van der Waals surface area contributed by atoms with Gasteiger partial charge in [-0.15, -0.1) is 0 Å². The number of carboxylic acid groups (broad SMARTS) is 1. The molecule has 38 heavy (non-hydrogen) atoms. The van der Waals surface area contributed by atoms with Crippen LogP contribution in [0.3, 0.4) is 0 Å². The molecule has 0 saturated carbocycles. The molecule has 200 valence electrons. The zero-order valence-electron chi connectivity index (χ0n) is 22.7. The highest BCUT2D eigenvalue weighted by Gasteiger charge is 2.29. The monoisotopic (exact) mass is 516 g/mol. The van der Waals surface area contributed by atoms with Crippen molar-refractivity contribution in [2.24, 2.45) is 0 Å². The summed E-state index contributed by atoms with van der Waals surface area (Å²) < 4.78 is 24.0. The Balaban J connectivity index is 1.42. The smallest absolute Gasteiger partial charge is 0.347 e. The van der Waals surface area contributed by atoms with Crippen LogP contribution in [-0.4, -0.2) is 29.4 Å². The fourth-order valence-electron chi connectivity index (χ4n) is 4.42. The lowest BCUT2D eigenvalue weighted by Gasteiger charge is -2.21. The number of aryl methyl sites for hydroxylation is 2. The van der Waals surface area contributed by atoms with Crippen LogP contribution in [0.25, 0.3) is 22.1 Å².